The smallest absolute Gasteiger partial charge is 0.234 e. The second-order valence-corrected chi connectivity index (χ2v) is 8.13. The molecular weight excluding hydrogens is 384 g/mol. The molecule has 0 aliphatic carbocycles. The molecule has 1 fully saturated rings. The van der Waals surface area contributed by atoms with Crippen molar-refractivity contribution in [2.45, 2.75) is 31.8 Å². The van der Waals surface area contributed by atoms with Gasteiger partial charge in [-0.15, -0.1) is 5.10 Å². The van der Waals surface area contributed by atoms with Crippen LogP contribution < -0.4 is 10.2 Å². The van der Waals surface area contributed by atoms with E-state index in [0.29, 0.717) is 5.16 Å². The average Bonchev–Trinajstić information content (AvgIpc) is 3.39. The number of nitrogens with zero attached hydrogens (tertiary/aromatic N) is 5. The first-order chi connectivity index (χ1) is 14.1. The minimum atomic E-state index is -0.0834. The van der Waals surface area contributed by atoms with Crippen LogP contribution in [0.1, 0.15) is 24.0 Å². The summed E-state index contributed by atoms with van der Waals surface area (Å²) in [5.74, 6) is 0.152. The molecule has 29 heavy (non-hydrogen) atoms. The number of tetrazole rings is 1. The fourth-order valence-electron chi connectivity index (χ4n) is 3.61. The molecule has 0 saturated carbocycles. The van der Waals surface area contributed by atoms with Gasteiger partial charge in [-0.25, -0.2) is 0 Å². The summed E-state index contributed by atoms with van der Waals surface area (Å²) < 4.78 is 1.70. The lowest BCUT2D eigenvalue weighted by Crippen LogP contribution is -2.18. The summed E-state index contributed by atoms with van der Waals surface area (Å²) in [7, 11) is 0. The highest BCUT2D eigenvalue weighted by Gasteiger charge is 2.15. The lowest BCUT2D eigenvalue weighted by Gasteiger charge is -2.17. The lowest BCUT2D eigenvalue weighted by molar-refractivity contribution is -0.113. The summed E-state index contributed by atoms with van der Waals surface area (Å²) in [6, 6.07) is 14.1. The summed E-state index contributed by atoms with van der Waals surface area (Å²) in [4.78, 5) is 14.8. The fraction of sp³-hybridized carbons (Fsp3) is 0.333. The van der Waals surface area contributed by atoms with Crippen molar-refractivity contribution in [3.05, 3.63) is 53.6 Å². The van der Waals surface area contributed by atoms with E-state index in [2.05, 4.69) is 37.9 Å². The van der Waals surface area contributed by atoms with Gasteiger partial charge >= 0.3 is 0 Å². The third-order valence-electron chi connectivity index (χ3n) is 5.05. The predicted molar refractivity (Wildman–Crippen MR) is 116 cm³/mol. The largest absolute Gasteiger partial charge is 0.372 e. The molecule has 8 heteroatoms. The Morgan fingerprint density at radius 3 is 2.45 bits per heavy atom. The molecule has 7 nitrogen and oxygen atoms in total. The molecule has 0 spiro atoms. The van der Waals surface area contributed by atoms with Gasteiger partial charge in [0.2, 0.25) is 11.1 Å². The maximum Gasteiger partial charge on any atom is 0.234 e. The molecule has 0 unspecified atom stereocenters. The molecule has 1 N–H and O–H groups in total. The van der Waals surface area contributed by atoms with Crippen LogP contribution in [0.4, 0.5) is 11.4 Å². The first-order valence-electron chi connectivity index (χ1n) is 9.74. The van der Waals surface area contributed by atoms with Gasteiger partial charge in [0.1, 0.15) is 0 Å². The molecule has 2 aromatic carbocycles. The number of aryl methyl sites for hydroxylation is 2. The van der Waals surface area contributed by atoms with Crippen molar-refractivity contribution in [1.29, 1.82) is 0 Å². The Labute approximate surface area is 174 Å². The Kier molecular flexibility index (Phi) is 5.80. The van der Waals surface area contributed by atoms with Crippen molar-refractivity contribution in [3.8, 4) is 5.69 Å². The first-order valence-corrected chi connectivity index (χ1v) is 10.7. The Morgan fingerprint density at radius 1 is 1.07 bits per heavy atom. The van der Waals surface area contributed by atoms with E-state index in [4.69, 9.17) is 0 Å². The maximum absolute atomic E-state index is 12.4. The molecule has 1 aliphatic heterocycles. The number of carbonyl (C=O) groups is 1. The van der Waals surface area contributed by atoms with Gasteiger partial charge in [0.15, 0.2) is 0 Å². The highest BCUT2D eigenvalue weighted by atomic mass is 32.2. The van der Waals surface area contributed by atoms with E-state index in [-0.39, 0.29) is 11.7 Å². The fourth-order valence-corrected chi connectivity index (χ4v) is 4.28. The Hall–Kier alpha value is -2.87. The highest BCUT2D eigenvalue weighted by Crippen LogP contribution is 2.24. The number of hydrogen-bond donors (Lipinski definition) is 1. The van der Waals surface area contributed by atoms with Gasteiger partial charge < -0.3 is 10.2 Å². The molecule has 3 aromatic rings. The van der Waals surface area contributed by atoms with Gasteiger partial charge in [-0.2, -0.15) is 4.68 Å². The molecule has 2 heterocycles. The molecule has 4 rings (SSSR count). The number of nitrogens with one attached hydrogen (secondary N) is 1. The Balaban J connectivity index is 1.38. The topological polar surface area (TPSA) is 75.9 Å². The van der Waals surface area contributed by atoms with Crippen LogP contribution in [0.3, 0.4) is 0 Å². The SMILES string of the molecule is Cc1cccc(C)c1-n1nnnc1SCC(=O)Nc1ccc(N2CCCC2)cc1. The number of carbonyl (C=O) groups excluding carboxylic acids is 1. The van der Waals surface area contributed by atoms with Crippen LogP contribution in [0, 0.1) is 13.8 Å². The summed E-state index contributed by atoms with van der Waals surface area (Å²) in [5.41, 5.74) is 5.14. The van der Waals surface area contributed by atoms with E-state index in [1.54, 1.807) is 4.68 Å². The van der Waals surface area contributed by atoms with Crippen LogP contribution in [0.25, 0.3) is 5.69 Å². The van der Waals surface area contributed by atoms with Crippen LogP contribution >= 0.6 is 11.8 Å². The monoisotopic (exact) mass is 408 g/mol. The van der Waals surface area contributed by atoms with Crippen molar-refractivity contribution in [3.63, 3.8) is 0 Å². The van der Waals surface area contributed by atoms with Gasteiger partial charge in [0.25, 0.3) is 0 Å². The molecule has 0 atom stereocenters. The van der Waals surface area contributed by atoms with Crippen LogP contribution in [0.15, 0.2) is 47.6 Å². The highest BCUT2D eigenvalue weighted by molar-refractivity contribution is 7.99. The van der Waals surface area contributed by atoms with Crippen LogP contribution in [-0.4, -0.2) is 45.0 Å². The number of hydrogen-bond acceptors (Lipinski definition) is 6. The molecule has 1 saturated heterocycles. The second-order valence-electron chi connectivity index (χ2n) is 7.19. The quantitative estimate of drug-likeness (QED) is 0.628. The predicted octanol–water partition coefficient (Wildman–Crippen LogP) is 3.61. The minimum absolute atomic E-state index is 0.0834. The Morgan fingerprint density at radius 2 is 1.76 bits per heavy atom. The van der Waals surface area contributed by atoms with Crippen molar-refractivity contribution in [1.82, 2.24) is 20.2 Å². The van der Waals surface area contributed by atoms with Crippen molar-refractivity contribution in [2.75, 3.05) is 29.1 Å². The van der Waals surface area contributed by atoms with Gasteiger partial charge in [-0.1, -0.05) is 30.0 Å². The van der Waals surface area contributed by atoms with E-state index < -0.39 is 0 Å². The third kappa shape index (κ3) is 4.42. The molecule has 1 amide bonds. The zero-order valence-electron chi connectivity index (χ0n) is 16.6. The lowest BCUT2D eigenvalue weighted by atomic mass is 10.1. The van der Waals surface area contributed by atoms with Gasteiger partial charge in [0.05, 0.1) is 11.4 Å². The van der Waals surface area contributed by atoms with Crippen LogP contribution in [0.2, 0.25) is 0 Å². The van der Waals surface area contributed by atoms with Gasteiger partial charge in [-0.3, -0.25) is 4.79 Å². The number of aromatic nitrogens is 4. The Bertz CT molecular complexity index is 974. The number of anilines is 2. The number of benzene rings is 2. The third-order valence-corrected chi connectivity index (χ3v) is 5.97. The zero-order chi connectivity index (χ0) is 20.2. The molecular formula is C21H24N6OS. The van der Waals surface area contributed by atoms with E-state index >= 15 is 0 Å². The number of para-hydroxylation sites is 1. The molecule has 0 radical (unpaired) electrons. The number of thioether (sulfide) groups is 1. The molecule has 1 aromatic heterocycles. The summed E-state index contributed by atoms with van der Waals surface area (Å²) in [5, 5.41) is 15.5. The summed E-state index contributed by atoms with van der Waals surface area (Å²) in [6.45, 7) is 6.27. The summed E-state index contributed by atoms with van der Waals surface area (Å²) in [6.07, 6.45) is 2.49. The van der Waals surface area contributed by atoms with E-state index in [9.17, 15) is 4.79 Å². The second kappa shape index (κ2) is 8.65. The molecule has 150 valence electrons. The van der Waals surface area contributed by atoms with E-state index in [0.717, 1.165) is 35.6 Å². The van der Waals surface area contributed by atoms with E-state index in [1.165, 1.54) is 30.3 Å². The molecule has 0 bridgehead atoms. The zero-order valence-corrected chi connectivity index (χ0v) is 17.4. The summed E-state index contributed by atoms with van der Waals surface area (Å²) >= 11 is 1.32. The number of rotatable bonds is 6. The standard InChI is InChI=1S/C21H24N6OS/c1-15-6-5-7-16(2)20(15)27-21(23-24-25-27)29-14-19(28)22-17-8-10-18(11-9-17)26-12-3-4-13-26/h5-11H,3-4,12-14H2,1-2H3,(H,22,28). The van der Waals surface area contributed by atoms with Gasteiger partial charge in [-0.05, 0) is 72.5 Å². The first kappa shape index (κ1) is 19.4. The van der Waals surface area contributed by atoms with Crippen LogP contribution in [0.5, 0.6) is 0 Å². The minimum Gasteiger partial charge on any atom is -0.372 e. The van der Waals surface area contributed by atoms with Crippen molar-refractivity contribution in [2.24, 2.45) is 0 Å². The van der Waals surface area contributed by atoms with Gasteiger partial charge in [0, 0.05) is 24.5 Å². The average molecular weight is 409 g/mol. The molecule has 1 aliphatic rings. The maximum atomic E-state index is 12.4. The number of amides is 1. The normalized spacial score (nSPS) is 13.7. The van der Waals surface area contributed by atoms with E-state index in [1.807, 2.05) is 44.2 Å². The van der Waals surface area contributed by atoms with Crippen LogP contribution in [-0.2, 0) is 4.79 Å². The van der Waals surface area contributed by atoms with Crippen molar-refractivity contribution < 1.29 is 4.79 Å². The van der Waals surface area contributed by atoms with Crippen molar-refractivity contribution >= 4 is 29.0 Å².